The van der Waals surface area contributed by atoms with Crippen molar-refractivity contribution >= 4 is 0 Å². The van der Waals surface area contributed by atoms with Gasteiger partial charge in [-0.2, -0.15) is 0 Å². The van der Waals surface area contributed by atoms with Crippen LogP contribution in [-0.2, 0) is 0 Å². The SMILES string of the molecule is CCCNC(CN(CC(C)C)CC(C)C)C(C)C. The number of nitrogens with one attached hydrogen (secondary N) is 1. The van der Waals surface area contributed by atoms with Gasteiger partial charge in [-0.1, -0.05) is 48.5 Å². The minimum Gasteiger partial charge on any atom is -0.312 e. The number of hydrogen-bond donors (Lipinski definition) is 1. The fourth-order valence-corrected chi connectivity index (χ4v) is 2.38. The monoisotopic (exact) mass is 256 g/mol. The van der Waals surface area contributed by atoms with E-state index in [1.54, 1.807) is 0 Å². The van der Waals surface area contributed by atoms with Crippen molar-refractivity contribution in [2.75, 3.05) is 26.2 Å². The summed E-state index contributed by atoms with van der Waals surface area (Å²) in [5, 5.41) is 3.70. The van der Waals surface area contributed by atoms with Gasteiger partial charge in [-0.15, -0.1) is 0 Å². The lowest BCUT2D eigenvalue weighted by Gasteiger charge is -2.32. The first kappa shape index (κ1) is 17.9. The van der Waals surface area contributed by atoms with Gasteiger partial charge >= 0.3 is 0 Å². The predicted octanol–water partition coefficient (Wildman–Crippen LogP) is 3.62. The summed E-state index contributed by atoms with van der Waals surface area (Å²) >= 11 is 0. The zero-order valence-corrected chi connectivity index (χ0v) is 13.8. The molecule has 110 valence electrons. The van der Waals surface area contributed by atoms with E-state index in [1.807, 2.05) is 0 Å². The topological polar surface area (TPSA) is 15.3 Å². The molecule has 0 spiro atoms. The molecular formula is C16H36N2. The van der Waals surface area contributed by atoms with Gasteiger partial charge in [0.15, 0.2) is 0 Å². The minimum atomic E-state index is 0.627. The molecular weight excluding hydrogens is 220 g/mol. The van der Waals surface area contributed by atoms with Crippen LogP contribution in [0.2, 0.25) is 0 Å². The highest BCUT2D eigenvalue weighted by atomic mass is 15.2. The van der Waals surface area contributed by atoms with E-state index < -0.39 is 0 Å². The van der Waals surface area contributed by atoms with Crippen LogP contribution in [-0.4, -0.2) is 37.1 Å². The van der Waals surface area contributed by atoms with Crippen molar-refractivity contribution in [1.29, 1.82) is 0 Å². The molecule has 0 saturated carbocycles. The van der Waals surface area contributed by atoms with Crippen LogP contribution < -0.4 is 5.32 Å². The third kappa shape index (κ3) is 8.93. The summed E-state index contributed by atoms with van der Waals surface area (Å²) in [5.41, 5.74) is 0. The van der Waals surface area contributed by atoms with Crippen LogP contribution in [0.5, 0.6) is 0 Å². The molecule has 0 heterocycles. The number of rotatable bonds is 10. The predicted molar refractivity (Wildman–Crippen MR) is 83.0 cm³/mol. The van der Waals surface area contributed by atoms with Gasteiger partial charge in [0.1, 0.15) is 0 Å². The normalized spacial score (nSPS) is 14.2. The molecule has 0 radical (unpaired) electrons. The Morgan fingerprint density at radius 2 is 1.33 bits per heavy atom. The van der Waals surface area contributed by atoms with Gasteiger partial charge in [0, 0.05) is 25.7 Å². The first-order valence-electron chi connectivity index (χ1n) is 7.82. The van der Waals surface area contributed by atoms with E-state index in [1.165, 1.54) is 26.1 Å². The molecule has 0 aromatic rings. The van der Waals surface area contributed by atoms with Gasteiger partial charge in [0.2, 0.25) is 0 Å². The first-order chi connectivity index (χ1) is 8.36. The van der Waals surface area contributed by atoms with E-state index in [-0.39, 0.29) is 0 Å². The fourth-order valence-electron chi connectivity index (χ4n) is 2.38. The van der Waals surface area contributed by atoms with Gasteiger partial charge in [-0.25, -0.2) is 0 Å². The van der Waals surface area contributed by atoms with Gasteiger partial charge in [0.05, 0.1) is 0 Å². The number of hydrogen-bond acceptors (Lipinski definition) is 2. The smallest absolute Gasteiger partial charge is 0.0217 e. The molecule has 0 rings (SSSR count). The van der Waals surface area contributed by atoms with Crippen molar-refractivity contribution in [3.63, 3.8) is 0 Å². The molecule has 1 atom stereocenters. The van der Waals surface area contributed by atoms with Crippen molar-refractivity contribution < 1.29 is 0 Å². The second-order valence-corrected chi connectivity index (χ2v) is 6.81. The molecule has 0 amide bonds. The van der Waals surface area contributed by atoms with Crippen LogP contribution in [0.15, 0.2) is 0 Å². The second-order valence-electron chi connectivity index (χ2n) is 6.81. The summed E-state index contributed by atoms with van der Waals surface area (Å²) in [4.78, 5) is 2.64. The van der Waals surface area contributed by atoms with Crippen LogP contribution in [0.25, 0.3) is 0 Å². The molecule has 0 aromatic carbocycles. The largest absolute Gasteiger partial charge is 0.312 e. The molecule has 1 N–H and O–H groups in total. The van der Waals surface area contributed by atoms with Crippen LogP contribution in [0.1, 0.15) is 54.9 Å². The first-order valence-corrected chi connectivity index (χ1v) is 7.82. The van der Waals surface area contributed by atoms with Crippen molar-refractivity contribution in [3.05, 3.63) is 0 Å². The Kier molecular flexibility index (Phi) is 9.76. The summed E-state index contributed by atoms with van der Waals surface area (Å²) in [7, 11) is 0. The zero-order valence-electron chi connectivity index (χ0n) is 13.8. The summed E-state index contributed by atoms with van der Waals surface area (Å²) in [6.45, 7) is 20.9. The Bertz CT molecular complexity index is 178. The fraction of sp³-hybridized carbons (Fsp3) is 1.00. The summed E-state index contributed by atoms with van der Waals surface area (Å²) in [6, 6.07) is 0.627. The maximum Gasteiger partial charge on any atom is 0.0217 e. The molecule has 2 nitrogen and oxygen atoms in total. The van der Waals surface area contributed by atoms with E-state index >= 15 is 0 Å². The average Bonchev–Trinajstić information content (AvgIpc) is 2.21. The molecule has 0 aliphatic carbocycles. The maximum absolute atomic E-state index is 3.70. The molecule has 1 unspecified atom stereocenters. The quantitative estimate of drug-likeness (QED) is 0.642. The van der Waals surface area contributed by atoms with Crippen LogP contribution in [0.3, 0.4) is 0 Å². The summed E-state index contributed by atoms with van der Waals surface area (Å²) in [6.07, 6.45) is 1.22. The lowest BCUT2D eigenvalue weighted by Crippen LogP contribution is -2.46. The zero-order chi connectivity index (χ0) is 14.1. The van der Waals surface area contributed by atoms with Gasteiger partial charge in [-0.3, -0.25) is 0 Å². The molecule has 0 aliphatic heterocycles. The Hall–Kier alpha value is -0.0800. The Labute approximate surface area is 116 Å². The van der Waals surface area contributed by atoms with Crippen molar-refractivity contribution in [3.8, 4) is 0 Å². The van der Waals surface area contributed by atoms with Crippen LogP contribution >= 0.6 is 0 Å². The molecule has 0 saturated heterocycles. The van der Waals surface area contributed by atoms with E-state index in [0.29, 0.717) is 12.0 Å². The standard InChI is InChI=1S/C16H36N2/c1-8-9-17-16(15(6)7)12-18(10-13(2)3)11-14(4)5/h13-17H,8-12H2,1-7H3. The molecule has 18 heavy (non-hydrogen) atoms. The highest BCUT2D eigenvalue weighted by Gasteiger charge is 2.18. The molecule has 0 aromatic heterocycles. The van der Waals surface area contributed by atoms with Crippen LogP contribution in [0.4, 0.5) is 0 Å². The van der Waals surface area contributed by atoms with Crippen molar-refractivity contribution in [1.82, 2.24) is 10.2 Å². The van der Waals surface area contributed by atoms with Gasteiger partial charge in [-0.05, 0) is 30.7 Å². The highest BCUT2D eigenvalue weighted by Crippen LogP contribution is 2.09. The van der Waals surface area contributed by atoms with Crippen molar-refractivity contribution in [2.24, 2.45) is 17.8 Å². The Morgan fingerprint density at radius 1 is 0.833 bits per heavy atom. The Morgan fingerprint density at radius 3 is 1.67 bits per heavy atom. The minimum absolute atomic E-state index is 0.627. The summed E-state index contributed by atoms with van der Waals surface area (Å²) < 4.78 is 0. The highest BCUT2D eigenvalue weighted by molar-refractivity contribution is 4.76. The van der Waals surface area contributed by atoms with Gasteiger partial charge < -0.3 is 10.2 Å². The summed E-state index contributed by atoms with van der Waals surface area (Å²) in [5.74, 6) is 2.21. The van der Waals surface area contributed by atoms with Crippen LogP contribution in [0, 0.1) is 17.8 Å². The lowest BCUT2D eigenvalue weighted by atomic mass is 10.0. The molecule has 0 fully saturated rings. The molecule has 0 aliphatic rings. The lowest BCUT2D eigenvalue weighted by molar-refractivity contribution is 0.181. The van der Waals surface area contributed by atoms with E-state index in [2.05, 4.69) is 58.7 Å². The van der Waals surface area contributed by atoms with E-state index in [9.17, 15) is 0 Å². The molecule has 2 heteroatoms. The number of nitrogens with zero attached hydrogens (tertiary/aromatic N) is 1. The van der Waals surface area contributed by atoms with Gasteiger partial charge in [0.25, 0.3) is 0 Å². The second kappa shape index (κ2) is 9.80. The Balaban J connectivity index is 4.37. The van der Waals surface area contributed by atoms with Crippen molar-refractivity contribution in [2.45, 2.75) is 60.9 Å². The third-order valence-corrected chi connectivity index (χ3v) is 3.16. The average molecular weight is 256 g/mol. The van der Waals surface area contributed by atoms with E-state index in [0.717, 1.165) is 18.4 Å². The maximum atomic E-state index is 3.70. The third-order valence-electron chi connectivity index (χ3n) is 3.16. The van der Waals surface area contributed by atoms with E-state index in [4.69, 9.17) is 0 Å². The molecule has 0 bridgehead atoms.